The van der Waals surface area contributed by atoms with Gasteiger partial charge in [-0.1, -0.05) is 6.07 Å². The summed E-state index contributed by atoms with van der Waals surface area (Å²) in [5, 5.41) is 18.1. The second-order valence-corrected chi connectivity index (χ2v) is 5.70. The van der Waals surface area contributed by atoms with Gasteiger partial charge in [0, 0.05) is 18.7 Å². The van der Waals surface area contributed by atoms with Crippen molar-refractivity contribution in [2.24, 2.45) is 0 Å². The largest absolute Gasteiger partial charge is 0.481 e. The Labute approximate surface area is 156 Å². The molecule has 27 heavy (non-hydrogen) atoms. The van der Waals surface area contributed by atoms with Gasteiger partial charge in [-0.3, -0.25) is 4.79 Å². The third-order valence-corrected chi connectivity index (χ3v) is 3.71. The highest BCUT2D eigenvalue weighted by Gasteiger charge is 2.16. The lowest BCUT2D eigenvalue weighted by Gasteiger charge is -2.10. The van der Waals surface area contributed by atoms with E-state index in [4.69, 9.17) is 9.84 Å². The Morgan fingerprint density at radius 2 is 2.07 bits per heavy atom. The maximum absolute atomic E-state index is 11.9. The van der Waals surface area contributed by atoms with Gasteiger partial charge in [-0.05, 0) is 38.5 Å². The van der Waals surface area contributed by atoms with Gasteiger partial charge >= 0.3 is 18.0 Å². The van der Waals surface area contributed by atoms with Crippen LogP contribution in [0.2, 0.25) is 0 Å². The van der Waals surface area contributed by atoms with Crippen molar-refractivity contribution in [2.45, 2.75) is 26.7 Å². The molecular formula is C18H22N4O5. The molecule has 0 unspecified atom stereocenters. The van der Waals surface area contributed by atoms with Crippen LogP contribution in [0.3, 0.4) is 0 Å². The third-order valence-electron chi connectivity index (χ3n) is 3.71. The van der Waals surface area contributed by atoms with Gasteiger partial charge in [0.2, 0.25) is 0 Å². The highest BCUT2D eigenvalue weighted by molar-refractivity contribution is 5.91. The molecule has 1 aromatic heterocycles. The number of rotatable bonds is 8. The van der Waals surface area contributed by atoms with Crippen molar-refractivity contribution >= 4 is 23.7 Å². The lowest BCUT2D eigenvalue weighted by molar-refractivity contribution is -0.137. The Hall–Kier alpha value is -3.36. The molecule has 3 N–H and O–H groups in total. The fraction of sp³-hybridized carbons (Fsp3) is 0.333. The molecule has 144 valence electrons. The van der Waals surface area contributed by atoms with E-state index in [0.29, 0.717) is 29.1 Å². The molecule has 0 saturated heterocycles. The van der Waals surface area contributed by atoms with Crippen LogP contribution in [0.25, 0.3) is 5.69 Å². The number of nitrogens with zero attached hydrogens (tertiary/aromatic N) is 2. The van der Waals surface area contributed by atoms with E-state index < -0.39 is 18.0 Å². The van der Waals surface area contributed by atoms with E-state index in [1.165, 1.54) is 6.20 Å². The number of urea groups is 1. The van der Waals surface area contributed by atoms with E-state index >= 15 is 0 Å². The predicted molar refractivity (Wildman–Crippen MR) is 98.1 cm³/mol. The number of carbonyl (C=O) groups is 3. The van der Waals surface area contributed by atoms with E-state index in [-0.39, 0.29) is 19.6 Å². The summed E-state index contributed by atoms with van der Waals surface area (Å²) in [6.07, 6.45) is 1.80. The molecule has 2 amide bonds. The second kappa shape index (κ2) is 9.37. The van der Waals surface area contributed by atoms with Gasteiger partial charge in [-0.15, -0.1) is 0 Å². The zero-order chi connectivity index (χ0) is 19.8. The molecule has 0 fully saturated rings. The molecule has 0 aliphatic carbocycles. The first-order chi connectivity index (χ1) is 12.9. The molecule has 0 spiro atoms. The number of anilines is 1. The van der Waals surface area contributed by atoms with Crippen molar-refractivity contribution in [1.29, 1.82) is 0 Å². The van der Waals surface area contributed by atoms with E-state index in [1.54, 1.807) is 42.8 Å². The van der Waals surface area contributed by atoms with Crippen molar-refractivity contribution in [3.8, 4) is 5.69 Å². The smallest absolute Gasteiger partial charge is 0.341 e. The summed E-state index contributed by atoms with van der Waals surface area (Å²) in [6.45, 7) is 4.04. The zero-order valence-electron chi connectivity index (χ0n) is 15.2. The highest BCUT2D eigenvalue weighted by atomic mass is 16.5. The number of carboxylic acids is 1. The van der Waals surface area contributed by atoms with Gasteiger partial charge in [-0.2, -0.15) is 5.10 Å². The molecule has 9 nitrogen and oxygen atoms in total. The van der Waals surface area contributed by atoms with Gasteiger partial charge in [0.05, 0.1) is 24.2 Å². The minimum Gasteiger partial charge on any atom is -0.481 e. The van der Waals surface area contributed by atoms with Gasteiger partial charge in [0.1, 0.15) is 5.56 Å². The van der Waals surface area contributed by atoms with E-state index in [1.807, 2.05) is 0 Å². The van der Waals surface area contributed by atoms with Crippen LogP contribution in [0.4, 0.5) is 10.5 Å². The molecule has 0 bridgehead atoms. The zero-order valence-corrected chi connectivity index (χ0v) is 15.2. The SMILES string of the molecule is CCOC(=O)c1cnn(-c2cccc(NC(=O)NCCCC(=O)O)c2)c1C. The molecule has 0 aliphatic heterocycles. The number of amides is 2. The summed E-state index contributed by atoms with van der Waals surface area (Å²) < 4.78 is 6.59. The Morgan fingerprint density at radius 1 is 1.30 bits per heavy atom. The second-order valence-electron chi connectivity index (χ2n) is 5.70. The highest BCUT2D eigenvalue weighted by Crippen LogP contribution is 2.18. The number of nitrogens with one attached hydrogen (secondary N) is 2. The monoisotopic (exact) mass is 374 g/mol. The standard InChI is InChI=1S/C18H22N4O5/c1-3-27-17(25)15-11-20-22(12(15)2)14-7-4-6-13(10-14)21-18(26)19-9-5-8-16(23)24/h4,6-7,10-11H,3,5,8-9H2,1-2H3,(H,23,24)(H2,19,21,26). The van der Waals surface area contributed by atoms with Gasteiger partial charge in [-0.25, -0.2) is 14.3 Å². The first kappa shape index (κ1) is 20.0. The number of hydrogen-bond donors (Lipinski definition) is 3. The van der Waals surface area contributed by atoms with Crippen molar-refractivity contribution in [3.63, 3.8) is 0 Å². The first-order valence-electron chi connectivity index (χ1n) is 8.51. The maximum Gasteiger partial charge on any atom is 0.341 e. The number of ether oxygens (including phenoxy) is 1. The maximum atomic E-state index is 11.9. The number of esters is 1. The van der Waals surface area contributed by atoms with Crippen LogP contribution in [0, 0.1) is 6.92 Å². The fourth-order valence-electron chi connectivity index (χ4n) is 2.41. The molecule has 0 saturated carbocycles. The van der Waals surface area contributed by atoms with Crippen molar-refractivity contribution in [3.05, 3.63) is 41.7 Å². The van der Waals surface area contributed by atoms with E-state index in [9.17, 15) is 14.4 Å². The van der Waals surface area contributed by atoms with Crippen LogP contribution in [-0.4, -0.2) is 46.0 Å². The minimum atomic E-state index is -0.901. The molecule has 0 aliphatic rings. The Morgan fingerprint density at radius 3 is 2.78 bits per heavy atom. The topological polar surface area (TPSA) is 123 Å². The quantitative estimate of drug-likeness (QED) is 0.481. The normalized spacial score (nSPS) is 10.3. The number of aromatic nitrogens is 2. The summed E-state index contributed by atoms with van der Waals surface area (Å²) in [7, 11) is 0. The van der Waals surface area contributed by atoms with Crippen molar-refractivity contribution in [1.82, 2.24) is 15.1 Å². The number of aliphatic carboxylic acids is 1. The number of hydrogen-bond acceptors (Lipinski definition) is 5. The van der Waals surface area contributed by atoms with Crippen LogP contribution in [0.1, 0.15) is 35.8 Å². The summed E-state index contributed by atoms with van der Waals surface area (Å²) in [6, 6.07) is 6.55. The Bertz CT molecular complexity index is 831. The number of carbonyl (C=O) groups excluding carboxylic acids is 2. The van der Waals surface area contributed by atoms with E-state index in [2.05, 4.69) is 15.7 Å². The van der Waals surface area contributed by atoms with Crippen molar-refractivity contribution in [2.75, 3.05) is 18.5 Å². The van der Waals surface area contributed by atoms with Crippen LogP contribution >= 0.6 is 0 Å². The molecule has 2 aromatic rings. The average molecular weight is 374 g/mol. The van der Waals surface area contributed by atoms with Gasteiger partial charge in [0.25, 0.3) is 0 Å². The average Bonchev–Trinajstić information content (AvgIpc) is 3.00. The minimum absolute atomic E-state index is 0.00284. The van der Waals surface area contributed by atoms with Crippen LogP contribution in [0.5, 0.6) is 0 Å². The van der Waals surface area contributed by atoms with Crippen LogP contribution in [0.15, 0.2) is 30.5 Å². The first-order valence-corrected chi connectivity index (χ1v) is 8.51. The van der Waals surface area contributed by atoms with Crippen molar-refractivity contribution < 1.29 is 24.2 Å². The number of benzene rings is 1. The van der Waals surface area contributed by atoms with Crippen LogP contribution < -0.4 is 10.6 Å². The summed E-state index contributed by atoms with van der Waals surface area (Å²) in [5.74, 6) is -1.34. The Kier molecular flexibility index (Phi) is 6.93. The fourth-order valence-corrected chi connectivity index (χ4v) is 2.41. The Balaban J connectivity index is 2.04. The number of carboxylic acid groups (broad SMARTS) is 1. The molecule has 1 aromatic carbocycles. The lowest BCUT2D eigenvalue weighted by Crippen LogP contribution is -2.29. The molecular weight excluding hydrogens is 352 g/mol. The summed E-state index contributed by atoms with van der Waals surface area (Å²) in [4.78, 5) is 34.2. The predicted octanol–water partition coefficient (Wildman–Crippen LogP) is 2.34. The van der Waals surface area contributed by atoms with Crippen LogP contribution in [-0.2, 0) is 9.53 Å². The molecule has 2 rings (SSSR count). The van der Waals surface area contributed by atoms with Gasteiger partial charge < -0.3 is 20.5 Å². The van der Waals surface area contributed by atoms with E-state index in [0.717, 1.165) is 0 Å². The van der Waals surface area contributed by atoms with Gasteiger partial charge in [0.15, 0.2) is 0 Å². The summed E-state index contributed by atoms with van der Waals surface area (Å²) in [5.41, 5.74) is 2.22. The molecule has 9 heteroatoms. The molecule has 0 radical (unpaired) electrons. The third kappa shape index (κ3) is 5.56. The molecule has 0 atom stereocenters. The summed E-state index contributed by atoms with van der Waals surface area (Å²) >= 11 is 0. The lowest BCUT2D eigenvalue weighted by atomic mass is 10.2. The molecule has 1 heterocycles.